The number of ether oxygens (including phenoxy) is 1. The standard InChI is InChI=1S/C21H20F2N2O2/c22-19-6-5-17(12-20(19)23)15-3-1-14(2-4-15)11-18(13-24)25-21(26)16-7-9-27-10-8-16/h1-6,12,16,18H,7-11H2,(H,25,26). The smallest absolute Gasteiger partial charge is 0.224 e. The number of carbonyl (C=O) groups excluding carboxylic acids is 1. The molecule has 1 heterocycles. The van der Waals surface area contributed by atoms with Crippen molar-refractivity contribution in [3.8, 4) is 17.2 Å². The second-order valence-corrected chi connectivity index (χ2v) is 6.61. The molecule has 3 rings (SSSR count). The van der Waals surface area contributed by atoms with Crippen molar-refractivity contribution in [1.29, 1.82) is 5.26 Å². The van der Waals surface area contributed by atoms with Gasteiger partial charge in [0.05, 0.1) is 6.07 Å². The first kappa shape index (κ1) is 19.0. The average molecular weight is 370 g/mol. The van der Waals surface area contributed by atoms with Crippen molar-refractivity contribution in [3.63, 3.8) is 0 Å². The zero-order valence-corrected chi connectivity index (χ0v) is 14.8. The summed E-state index contributed by atoms with van der Waals surface area (Å²) in [5, 5.41) is 12.2. The Morgan fingerprint density at radius 1 is 1.11 bits per heavy atom. The predicted molar refractivity (Wildman–Crippen MR) is 96.6 cm³/mol. The van der Waals surface area contributed by atoms with Crippen molar-refractivity contribution >= 4 is 5.91 Å². The topological polar surface area (TPSA) is 62.1 Å². The van der Waals surface area contributed by atoms with E-state index in [-0.39, 0.29) is 11.8 Å². The van der Waals surface area contributed by atoms with Gasteiger partial charge < -0.3 is 10.1 Å². The van der Waals surface area contributed by atoms with E-state index in [1.165, 1.54) is 6.07 Å². The summed E-state index contributed by atoms with van der Waals surface area (Å²) in [5.74, 6) is -1.99. The number of nitrogens with zero attached hydrogens (tertiary/aromatic N) is 1. The largest absolute Gasteiger partial charge is 0.381 e. The number of benzene rings is 2. The summed E-state index contributed by atoms with van der Waals surface area (Å²) >= 11 is 0. The van der Waals surface area contributed by atoms with E-state index in [9.17, 15) is 18.8 Å². The van der Waals surface area contributed by atoms with E-state index in [2.05, 4.69) is 11.4 Å². The molecule has 1 fully saturated rings. The van der Waals surface area contributed by atoms with Gasteiger partial charge in [-0.3, -0.25) is 4.79 Å². The zero-order valence-electron chi connectivity index (χ0n) is 14.8. The van der Waals surface area contributed by atoms with Crippen LogP contribution in [0, 0.1) is 28.9 Å². The van der Waals surface area contributed by atoms with Gasteiger partial charge in [0.1, 0.15) is 6.04 Å². The molecule has 1 saturated heterocycles. The van der Waals surface area contributed by atoms with Gasteiger partial charge in [0.15, 0.2) is 11.6 Å². The van der Waals surface area contributed by atoms with E-state index >= 15 is 0 Å². The van der Waals surface area contributed by atoms with Crippen LogP contribution in [-0.2, 0) is 16.0 Å². The molecule has 1 atom stereocenters. The molecule has 1 aliphatic heterocycles. The molecular formula is C21H20F2N2O2. The van der Waals surface area contributed by atoms with Crippen LogP contribution in [0.5, 0.6) is 0 Å². The Labute approximate surface area is 156 Å². The molecule has 140 valence electrons. The van der Waals surface area contributed by atoms with E-state index in [1.807, 2.05) is 12.1 Å². The van der Waals surface area contributed by atoms with Crippen LogP contribution in [0.4, 0.5) is 8.78 Å². The van der Waals surface area contributed by atoms with Gasteiger partial charge in [-0.15, -0.1) is 0 Å². The Hall–Kier alpha value is -2.78. The molecule has 0 radical (unpaired) electrons. The predicted octanol–water partition coefficient (Wildman–Crippen LogP) is 3.61. The third-order valence-electron chi connectivity index (χ3n) is 4.71. The quantitative estimate of drug-likeness (QED) is 0.875. The molecule has 1 N–H and O–H groups in total. The Morgan fingerprint density at radius 3 is 2.41 bits per heavy atom. The lowest BCUT2D eigenvalue weighted by molar-refractivity contribution is -0.128. The Bertz CT molecular complexity index is 840. The number of hydrogen-bond acceptors (Lipinski definition) is 3. The van der Waals surface area contributed by atoms with Gasteiger partial charge in [-0.1, -0.05) is 30.3 Å². The Morgan fingerprint density at radius 2 is 1.78 bits per heavy atom. The summed E-state index contributed by atoms with van der Waals surface area (Å²) < 4.78 is 31.7. The lowest BCUT2D eigenvalue weighted by Gasteiger charge is -2.22. The maximum Gasteiger partial charge on any atom is 0.224 e. The molecule has 0 aliphatic carbocycles. The number of hydrogen-bond donors (Lipinski definition) is 1. The van der Waals surface area contributed by atoms with Crippen LogP contribution in [-0.4, -0.2) is 25.2 Å². The minimum absolute atomic E-state index is 0.106. The van der Waals surface area contributed by atoms with Gasteiger partial charge >= 0.3 is 0 Å². The van der Waals surface area contributed by atoms with Crippen LogP contribution in [0.3, 0.4) is 0 Å². The summed E-state index contributed by atoms with van der Waals surface area (Å²) in [4.78, 5) is 12.3. The van der Waals surface area contributed by atoms with Crippen LogP contribution in [0.2, 0.25) is 0 Å². The van der Waals surface area contributed by atoms with Gasteiger partial charge in [-0.25, -0.2) is 8.78 Å². The number of carbonyl (C=O) groups is 1. The highest BCUT2D eigenvalue weighted by Crippen LogP contribution is 2.22. The Balaban J connectivity index is 1.63. The molecule has 1 amide bonds. The van der Waals surface area contributed by atoms with Crippen molar-refractivity contribution in [1.82, 2.24) is 5.32 Å². The van der Waals surface area contributed by atoms with E-state index in [4.69, 9.17) is 4.74 Å². The number of nitrogens with one attached hydrogen (secondary N) is 1. The van der Waals surface area contributed by atoms with Crippen LogP contribution < -0.4 is 5.32 Å². The summed E-state index contributed by atoms with van der Waals surface area (Å²) in [5.41, 5.74) is 2.20. The fourth-order valence-electron chi connectivity index (χ4n) is 3.12. The van der Waals surface area contributed by atoms with Crippen LogP contribution in [0.1, 0.15) is 18.4 Å². The maximum atomic E-state index is 13.4. The second-order valence-electron chi connectivity index (χ2n) is 6.61. The molecule has 0 saturated carbocycles. The summed E-state index contributed by atoms with van der Waals surface area (Å²) in [6, 6.07) is 12.5. The molecule has 4 nitrogen and oxygen atoms in total. The minimum Gasteiger partial charge on any atom is -0.381 e. The van der Waals surface area contributed by atoms with Crippen LogP contribution in [0.25, 0.3) is 11.1 Å². The van der Waals surface area contributed by atoms with Gasteiger partial charge in [-0.2, -0.15) is 5.26 Å². The van der Waals surface area contributed by atoms with Gasteiger partial charge in [0.25, 0.3) is 0 Å². The Kier molecular flexibility index (Phi) is 6.15. The second kappa shape index (κ2) is 8.74. The first-order valence-corrected chi connectivity index (χ1v) is 8.89. The molecule has 1 aliphatic rings. The molecule has 2 aromatic rings. The van der Waals surface area contributed by atoms with Gasteiger partial charge in [0, 0.05) is 25.6 Å². The SMILES string of the molecule is N#CC(Cc1ccc(-c2ccc(F)c(F)c2)cc1)NC(=O)C1CCOCC1. The third kappa shape index (κ3) is 4.89. The summed E-state index contributed by atoms with van der Waals surface area (Å²) in [6.07, 6.45) is 1.73. The lowest BCUT2D eigenvalue weighted by atomic mass is 9.97. The molecular weight excluding hydrogens is 350 g/mol. The van der Waals surface area contributed by atoms with E-state index < -0.39 is 17.7 Å². The molecule has 27 heavy (non-hydrogen) atoms. The highest BCUT2D eigenvalue weighted by atomic mass is 19.2. The molecule has 2 aromatic carbocycles. The van der Waals surface area contributed by atoms with Crippen LogP contribution in [0.15, 0.2) is 42.5 Å². The summed E-state index contributed by atoms with van der Waals surface area (Å²) in [6.45, 7) is 1.14. The van der Waals surface area contributed by atoms with Gasteiger partial charge in [0.2, 0.25) is 5.91 Å². The number of halogens is 2. The van der Waals surface area contributed by atoms with Crippen molar-refractivity contribution in [3.05, 3.63) is 59.7 Å². The minimum atomic E-state index is -0.892. The lowest BCUT2D eigenvalue weighted by Crippen LogP contribution is -2.41. The molecule has 0 spiro atoms. The molecule has 6 heteroatoms. The normalized spacial score (nSPS) is 15.7. The monoisotopic (exact) mass is 370 g/mol. The maximum absolute atomic E-state index is 13.4. The van der Waals surface area contributed by atoms with Crippen LogP contribution >= 0.6 is 0 Å². The van der Waals surface area contributed by atoms with E-state index in [0.29, 0.717) is 38.0 Å². The van der Waals surface area contributed by atoms with Crippen molar-refractivity contribution < 1.29 is 18.3 Å². The molecule has 1 unspecified atom stereocenters. The summed E-state index contributed by atoms with van der Waals surface area (Å²) in [7, 11) is 0. The number of amides is 1. The van der Waals surface area contributed by atoms with E-state index in [0.717, 1.165) is 23.3 Å². The first-order chi connectivity index (χ1) is 13.1. The fraction of sp³-hybridized carbons (Fsp3) is 0.333. The van der Waals surface area contributed by atoms with Crippen molar-refractivity contribution in [2.75, 3.05) is 13.2 Å². The number of nitriles is 1. The van der Waals surface area contributed by atoms with Crippen molar-refractivity contribution in [2.45, 2.75) is 25.3 Å². The average Bonchev–Trinajstić information content (AvgIpc) is 2.70. The van der Waals surface area contributed by atoms with Crippen molar-refractivity contribution in [2.24, 2.45) is 5.92 Å². The van der Waals surface area contributed by atoms with Gasteiger partial charge in [-0.05, 0) is 41.7 Å². The fourth-order valence-corrected chi connectivity index (χ4v) is 3.12. The zero-order chi connectivity index (χ0) is 19.2. The highest BCUT2D eigenvalue weighted by molar-refractivity contribution is 5.79. The third-order valence-corrected chi connectivity index (χ3v) is 4.71. The highest BCUT2D eigenvalue weighted by Gasteiger charge is 2.23. The first-order valence-electron chi connectivity index (χ1n) is 8.89. The molecule has 0 aromatic heterocycles. The van der Waals surface area contributed by atoms with E-state index in [1.54, 1.807) is 12.1 Å². The molecule has 0 bridgehead atoms. The number of rotatable bonds is 5.